The van der Waals surface area contributed by atoms with E-state index in [9.17, 15) is 0 Å². The van der Waals surface area contributed by atoms with Crippen LogP contribution >= 0.6 is 21.4 Å². The van der Waals surface area contributed by atoms with Crippen LogP contribution in [0.1, 0.15) is 0 Å². The Labute approximate surface area is 694 Å². The van der Waals surface area contributed by atoms with Gasteiger partial charge in [0, 0.05) is 11.1 Å². The van der Waals surface area contributed by atoms with Crippen molar-refractivity contribution < 1.29 is 42.1 Å². The molecule has 12 heteroatoms. The molecule has 0 N–H and O–H groups in total. The Kier molecular flexibility index (Phi) is 17.5. The summed E-state index contributed by atoms with van der Waals surface area (Å²) in [5.41, 5.74) is 18.1. The van der Waals surface area contributed by atoms with Crippen LogP contribution in [0, 0.1) is 0 Å². The van der Waals surface area contributed by atoms with Crippen LogP contribution in [-0.4, -0.2) is 0 Å². The van der Waals surface area contributed by atoms with Gasteiger partial charge in [-0.05, 0) is 186 Å². The van der Waals surface area contributed by atoms with Gasteiger partial charge in [-0.3, -0.25) is 0 Å². The van der Waals surface area contributed by atoms with Crippen LogP contribution in [0.15, 0.2) is 419 Å². The van der Waals surface area contributed by atoms with E-state index in [1.165, 1.54) is 0 Å². The molecule has 570 valence electrons. The minimum absolute atomic E-state index is 0.575. The number of benzene rings is 18. The molecule has 3 unspecified atom stereocenters. The van der Waals surface area contributed by atoms with Crippen molar-refractivity contribution in [2.45, 2.75) is 0 Å². The number of ether oxygens (including phenoxy) is 6. The molecule has 6 aliphatic rings. The van der Waals surface area contributed by atoms with Gasteiger partial charge in [0.15, 0.2) is 21.4 Å². The van der Waals surface area contributed by atoms with Crippen molar-refractivity contribution >= 4 is 69.2 Å². The standard InChI is InChI=1S/3C36H23O3P/c37-40-33-18-10-17-29(26-15-8-3-9-16-26)35(33)39-32-22-28(25-13-6-2-7-14-25)21-31(36(32)40)38-30-20-19-27(23-34(30)40)24-11-4-1-5-12-24;37-40-33-20-19-27(24-11-4-1-5-12-24)21-30(33)38-31-22-28(25-13-6-2-7-14-25)23-32(36(31)40)39-35-29(17-10-18-34(35)40)26-15-8-3-9-16-26;37-40-34-19-17-27(24-10-4-1-5-11-24)20-31(34)39-33-22-29(26-14-8-3-9-15-26)21-32(36(33)40)38-30-18-16-28(23-35(30)40)25-12-6-2-7-13-25/h3*1-23H. The summed E-state index contributed by atoms with van der Waals surface area (Å²) in [7, 11) is -10.0. The van der Waals surface area contributed by atoms with Crippen molar-refractivity contribution in [3.63, 3.8) is 0 Å². The Balaban J connectivity index is 0.000000108. The molecule has 9 nitrogen and oxygen atoms in total. The molecule has 18 aromatic carbocycles. The van der Waals surface area contributed by atoms with E-state index in [2.05, 4.69) is 109 Å². The van der Waals surface area contributed by atoms with Gasteiger partial charge < -0.3 is 42.1 Å². The maximum absolute atomic E-state index is 15.8. The molecule has 0 aromatic heterocycles. The van der Waals surface area contributed by atoms with Crippen LogP contribution in [0.2, 0.25) is 0 Å². The van der Waals surface area contributed by atoms with Crippen LogP contribution in [0.3, 0.4) is 0 Å². The summed E-state index contributed by atoms with van der Waals surface area (Å²) in [6.07, 6.45) is 0. The lowest BCUT2D eigenvalue weighted by molar-refractivity contribution is 0.461. The molecule has 0 spiro atoms. The molecule has 0 saturated carbocycles. The number of hydrogen-bond donors (Lipinski definition) is 0. The molecule has 0 radical (unpaired) electrons. The number of rotatable bonds is 9. The second kappa shape index (κ2) is 29.3. The minimum atomic E-state index is -3.37. The summed E-state index contributed by atoms with van der Waals surface area (Å²) in [6, 6.07) is 139. The predicted molar refractivity (Wildman–Crippen MR) is 487 cm³/mol. The Morgan fingerprint density at radius 2 is 0.367 bits per heavy atom. The van der Waals surface area contributed by atoms with Gasteiger partial charge in [-0.15, -0.1) is 0 Å². The molecule has 6 aliphatic heterocycles. The summed E-state index contributed by atoms with van der Waals surface area (Å²) < 4.78 is 86.7. The highest BCUT2D eigenvalue weighted by Crippen LogP contribution is 2.64. The summed E-state index contributed by atoms with van der Waals surface area (Å²) in [5.74, 6) is 7.21. The first-order chi connectivity index (χ1) is 59.1. The number of para-hydroxylation sites is 2. The summed E-state index contributed by atoms with van der Waals surface area (Å²) in [4.78, 5) is 0. The molecule has 120 heavy (non-hydrogen) atoms. The molecule has 6 heterocycles. The predicted octanol–water partition coefficient (Wildman–Crippen LogP) is 25.6. The fraction of sp³-hybridized carbons (Fsp3) is 0. The van der Waals surface area contributed by atoms with E-state index in [4.69, 9.17) is 28.4 Å². The van der Waals surface area contributed by atoms with E-state index in [1.54, 1.807) is 0 Å². The molecule has 24 rings (SSSR count). The third-order valence-corrected chi connectivity index (χ3v) is 32.6. The van der Waals surface area contributed by atoms with Gasteiger partial charge in [0.2, 0.25) is 0 Å². The van der Waals surface area contributed by atoms with Crippen molar-refractivity contribution in [2.75, 3.05) is 0 Å². The monoisotopic (exact) mass is 1600 g/mol. The minimum Gasteiger partial charge on any atom is -0.456 e. The van der Waals surface area contributed by atoms with E-state index in [1.807, 2.05) is 309 Å². The summed E-state index contributed by atoms with van der Waals surface area (Å²) in [6.45, 7) is 0. The number of fused-ring (bicyclic) bond motifs is 12. The van der Waals surface area contributed by atoms with Crippen LogP contribution < -0.4 is 76.2 Å². The van der Waals surface area contributed by atoms with Crippen molar-refractivity contribution in [2.24, 2.45) is 0 Å². The molecular formula is C108H69O9P3. The van der Waals surface area contributed by atoms with Crippen molar-refractivity contribution in [1.29, 1.82) is 0 Å². The van der Waals surface area contributed by atoms with Crippen molar-refractivity contribution in [3.05, 3.63) is 419 Å². The zero-order chi connectivity index (χ0) is 80.0. The number of hydrogen-bond acceptors (Lipinski definition) is 9. The van der Waals surface area contributed by atoms with Crippen LogP contribution in [0.25, 0.3) is 100 Å². The smallest absolute Gasteiger partial charge is 0.185 e. The molecule has 0 amide bonds. The lowest BCUT2D eigenvalue weighted by Crippen LogP contribution is -2.35. The second-order valence-electron chi connectivity index (χ2n) is 30.2. The first-order valence-corrected chi connectivity index (χ1v) is 45.0. The first kappa shape index (κ1) is 71.9. The fourth-order valence-electron chi connectivity index (χ4n) is 17.4. The van der Waals surface area contributed by atoms with E-state index >= 15 is 13.7 Å². The van der Waals surface area contributed by atoms with Crippen molar-refractivity contribution in [3.8, 4) is 169 Å². The first-order valence-electron chi connectivity index (χ1n) is 39.9. The van der Waals surface area contributed by atoms with Gasteiger partial charge in [0.05, 0.1) is 31.8 Å². The zero-order valence-electron chi connectivity index (χ0n) is 64.4. The summed E-state index contributed by atoms with van der Waals surface area (Å²) in [5, 5.41) is 6.08. The highest BCUT2D eigenvalue weighted by molar-refractivity contribution is 7.87. The SMILES string of the molecule is O=P12c3cc(-c4ccccc4)ccc3Oc3cc(-c4ccccc4)cc(c31)Oc1c(-c3ccccc3)cccc12.O=P12c3ccc(-c4ccccc4)cc3Oc3cc(-c4ccccc4)cc(c31)Oc1c(-c3ccccc3)cccc12.O=P12c3ccc(-c4ccccc4)cc3Oc3cc(-c4ccccc4)cc(c31)Oc1ccc(-c3ccccc3)cc12. The van der Waals surface area contributed by atoms with E-state index in [-0.39, 0.29) is 0 Å². The van der Waals surface area contributed by atoms with E-state index in [0.29, 0.717) is 117 Å². The lowest BCUT2D eigenvalue weighted by Gasteiger charge is -2.36. The Bertz CT molecular complexity index is 7150. The van der Waals surface area contributed by atoms with Crippen LogP contribution in [0.4, 0.5) is 0 Å². The molecule has 18 aromatic rings. The van der Waals surface area contributed by atoms with Crippen LogP contribution in [-0.2, 0) is 13.7 Å². The summed E-state index contributed by atoms with van der Waals surface area (Å²) >= 11 is 0. The lowest BCUT2D eigenvalue weighted by atomic mass is 10.0. The largest absolute Gasteiger partial charge is 0.456 e. The highest BCUT2D eigenvalue weighted by Gasteiger charge is 2.51. The van der Waals surface area contributed by atoms with Crippen LogP contribution in [0.5, 0.6) is 69.0 Å². The third kappa shape index (κ3) is 12.1. The Hall–Kier alpha value is -14.6. The molecule has 0 saturated heterocycles. The third-order valence-electron chi connectivity index (χ3n) is 23.1. The van der Waals surface area contributed by atoms with Gasteiger partial charge in [0.25, 0.3) is 0 Å². The zero-order valence-corrected chi connectivity index (χ0v) is 67.0. The average molecular weight is 1600 g/mol. The second-order valence-corrected chi connectivity index (χ2v) is 38.1. The molecule has 0 fully saturated rings. The molecule has 0 bridgehead atoms. The van der Waals surface area contributed by atoms with E-state index < -0.39 is 21.4 Å². The topological polar surface area (TPSA) is 107 Å². The highest BCUT2D eigenvalue weighted by atomic mass is 31.2. The maximum Gasteiger partial charge on any atom is 0.185 e. The molecular weight excluding hydrogens is 1530 g/mol. The average Bonchev–Trinajstić information content (AvgIpc) is 0.703. The molecule has 0 aliphatic carbocycles. The van der Waals surface area contributed by atoms with Crippen molar-refractivity contribution in [1.82, 2.24) is 0 Å². The van der Waals surface area contributed by atoms with E-state index in [0.717, 1.165) is 100 Å². The van der Waals surface area contributed by atoms with Gasteiger partial charge in [-0.2, -0.15) is 0 Å². The normalized spacial score (nSPS) is 16.1. The Morgan fingerprint density at radius 1 is 0.142 bits per heavy atom. The Morgan fingerprint density at radius 3 is 0.667 bits per heavy atom. The quantitative estimate of drug-likeness (QED) is 0.131. The fourth-order valence-corrected chi connectivity index (χ4v) is 26.6. The maximum atomic E-state index is 15.8. The molecule has 3 atom stereocenters. The van der Waals surface area contributed by atoms with Gasteiger partial charge >= 0.3 is 0 Å². The van der Waals surface area contributed by atoms with Gasteiger partial charge in [0.1, 0.15) is 84.9 Å². The van der Waals surface area contributed by atoms with Gasteiger partial charge in [-0.1, -0.05) is 322 Å². The van der Waals surface area contributed by atoms with Gasteiger partial charge in [-0.25, -0.2) is 0 Å².